The Morgan fingerprint density at radius 1 is 1.46 bits per heavy atom. The van der Waals surface area contributed by atoms with Crippen LogP contribution in [0.5, 0.6) is 0 Å². The van der Waals surface area contributed by atoms with Crippen molar-refractivity contribution in [2.24, 2.45) is 4.99 Å². The second-order valence-corrected chi connectivity index (χ2v) is 6.75. The Balaban J connectivity index is 2.93. The van der Waals surface area contributed by atoms with Crippen molar-refractivity contribution in [3.8, 4) is 0 Å². The van der Waals surface area contributed by atoms with Gasteiger partial charge in [-0.05, 0) is 0 Å². The highest BCUT2D eigenvalue weighted by atomic mass is 32.2. The Labute approximate surface area is 77.0 Å². The highest BCUT2D eigenvalue weighted by Gasteiger charge is 2.24. The molecule has 0 radical (unpaired) electrons. The lowest BCUT2D eigenvalue weighted by molar-refractivity contribution is 0.597. The van der Waals surface area contributed by atoms with Crippen LogP contribution in [0.15, 0.2) is 16.1 Å². The van der Waals surface area contributed by atoms with Crippen LogP contribution in [0.25, 0.3) is 0 Å². The van der Waals surface area contributed by atoms with Crippen molar-refractivity contribution in [3.63, 3.8) is 0 Å². The molecule has 0 aliphatic carbocycles. The largest absolute Gasteiger partial charge is 0.251 e. The minimum Gasteiger partial charge on any atom is -0.251 e. The van der Waals surface area contributed by atoms with Crippen LogP contribution in [0.4, 0.5) is 0 Å². The normalized spacial score (nSPS) is 20.2. The molecule has 74 valence electrons. The monoisotopic (exact) mass is 223 g/mol. The zero-order valence-corrected chi connectivity index (χ0v) is 8.60. The SMILES string of the molecule is CCS(=O)(=O)CC1=CN=CS1(=O)=O. The summed E-state index contributed by atoms with van der Waals surface area (Å²) in [4.78, 5) is 3.25. The van der Waals surface area contributed by atoms with Crippen LogP contribution in [0.3, 0.4) is 0 Å². The van der Waals surface area contributed by atoms with E-state index < -0.39 is 25.4 Å². The minimum atomic E-state index is -3.54. The van der Waals surface area contributed by atoms with Crippen molar-refractivity contribution >= 4 is 25.2 Å². The Kier molecular flexibility index (Phi) is 2.58. The Bertz CT molecular complexity index is 455. The van der Waals surface area contributed by atoms with E-state index in [1.807, 2.05) is 0 Å². The molecule has 1 aliphatic heterocycles. The summed E-state index contributed by atoms with van der Waals surface area (Å²) in [6, 6.07) is 0. The lowest BCUT2D eigenvalue weighted by Gasteiger charge is -2.00. The van der Waals surface area contributed by atoms with Gasteiger partial charge in [-0.1, -0.05) is 6.92 Å². The average molecular weight is 223 g/mol. The van der Waals surface area contributed by atoms with Gasteiger partial charge in [0.2, 0.25) is 9.84 Å². The quantitative estimate of drug-likeness (QED) is 0.659. The third kappa shape index (κ3) is 2.38. The first kappa shape index (κ1) is 10.4. The molecule has 0 aromatic heterocycles. The van der Waals surface area contributed by atoms with Crippen molar-refractivity contribution in [1.82, 2.24) is 0 Å². The van der Waals surface area contributed by atoms with Crippen molar-refractivity contribution in [2.45, 2.75) is 6.92 Å². The Morgan fingerprint density at radius 3 is 2.46 bits per heavy atom. The van der Waals surface area contributed by atoms with Gasteiger partial charge >= 0.3 is 0 Å². The fraction of sp³-hybridized carbons (Fsp3) is 0.500. The van der Waals surface area contributed by atoms with Gasteiger partial charge in [0.05, 0.1) is 10.7 Å². The maximum atomic E-state index is 11.1. The number of sulfone groups is 2. The standard InChI is InChI=1S/C6H9NO4S2/c1-2-12(8,9)4-6-3-7-5-13(6,10)11/h3,5H,2,4H2,1H3. The number of rotatable bonds is 3. The molecule has 0 spiro atoms. The van der Waals surface area contributed by atoms with Gasteiger partial charge in [0.15, 0.2) is 9.84 Å². The van der Waals surface area contributed by atoms with Gasteiger partial charge in [0.25, 0.3) is 0 Å². The molecule has 0 fully saturated rings. The molecular formula is C6H9NO4S2. The number of hydrogen-bond acceptors (Lipinski definition) is 5. The van der Waals surface area contributed by atoms with Gasteiger partial charge in [-0.15, -0.1) is 0 Å². The molecule has 0 atom stereocenters. The Hall–Kier alpha value is -0.690. The Morgan fingerprint density at radius 2 is 2.08 bits per heavy atom. The summed E-state index contributed by atoms with van der Waals surface area (Å²) in [5.74, 6) is -0.522. The summed E-state index contributed by atoms with van der Waals surface area (Å²) < 4.78 is 44.3. The van der Waals surface area contributed by atoms with E-state index in [9.17, 15) is 16.8 Å². The van der Waals surface area contributed by atoms with Gasteiger partial charge in [-0.2, -0.15) is 0 Å². The highest BCUT2D eigenvalue weighted by molar-refractivity contribution is 8.09. The van der Waals surface area contributed by atoms with Crippen LogP contribution < -0.4 is 0 Å². The van der Waals surface area contributed by atoms with E-state index in [0.29, 0.717) is 0 Å². The number of nitrogens with zero attached hydrogens (tertiary/aromatic N) is 1. The maximum absolute atomic E-state index is 11.1. The fourth-order valence-corrected chi connectivity index (χ4v) is 3.25. The first-order valence-electron chi connectivity index (χ1n) is 3.55. The van der Waals surface area contributed by atoms with E-state index in [1.165, 1.54) is 6.92 Å². The smallest absolute Gasteiger partial charge is 0.215 e. The van der Waals surface area contributed by atoms with Crippen LogP contribution in [0.1, 0.15) is 6.92 Å². The molecule has 0 unspecified atom stereocenters. The van der Waals surface area contributed by atoms with Crippen LogP contribution in [0, 0.1) is 0 Å². The average Bonchev–Trinajstić information content (AvgIpc) is 2.31. The molecule has 0 bridgehead atoms. The van der Waals surface area contributed by atoms with Gasteiger partial charge in [-0.3, -0.25) is 4.99 Å². The third-order valence-corrected chi connectivity index (χ3v) is 4.78. The first-order chi connectivity index (χ1) is 5.87. The second kappa shape index (κ2) is 3.22. The molecular weight excluding hydrogens is 214 g/mol. The molecule has 7 heteroatoms. The zero-order chi connectivity index (χ0) is 10.1. The second-order valence-electron chi connectivity index (χ2n) is 2.57. The maximum Gasteiger partial charge on any atom is 0.215 e. The predicted octanol–water partition coefficient (Wildman–Crippen LogP) is -0.281. The lowest BCUT2D eigenvalue weighted by atomic mass is 10.7. The summed E-state index contributed by atoms with van der Waals surface area (Å²) in [6.07, 6.45) is 1.07. The van der Waals surface area contributed by atoms with Gasteiger partial charge in [0, 0.05) is 12.0 Å². The van der Waals surface area contributed by atoms with E-state index >= 15 is 0 Å². The van der Waals surface area contributed by atoms with E-state index in [1.54, 1.807) is 0 Å². The molecule has 1 aliphatic rings. The molecule has 0 amide bonds. The fourth-order valence-electron chi connectivity index (χ4n) is 0.773. The molecule has 0 saturated heterocycles. The number of aliphatic imine (C=N–C) groups is 1. The zero-order valence-electron chi connectivity index (χ0n) is 6.97. The van der Waals surface area contributed by atoms with Gasteiger partial charge in [-0.25, -0.2) is 16.8 Å². The topological polar surface area (TPSA) is 80.6 Å². The van der Waals surface area contributed by atoms with E-state index in [-0.39, 0.29) is 10.7 Å². The predicted molar refractivity (Wildman–Crippen MR) is 49.8 cm³/mol. The van der Waals surface area contributed by atoms with E-state index in [0.717, 1.165) is 11.7 Å². The van der Waals surface area contributed by atoms with E-state index in [4.69, 9.17) is 0 Å². The summed E-state index contributed by atoms with van der Waals surface area (Å²) >= 11 is 0. The molecule has 1 rings (SSSR count). The molecule has 0 saturated carbocycles. The van der Waals surface area contributed by atoms with Crippen LogP contribution in [0.2, 0.25) is 0 Å². The molecule has 0 aromatic carbocycles. The third-order valence-electron chi connectivity index (χ3n) is 1.59. The first-order valence-corrected chi connectivity index (χ1v) is 6.92. The molecule has 13 heavy (non-hydrogen) atoms. The van der Waals surface area contributed by atoms with Crippen LogP contribution in [-0.2, 0) is 19.7 Å². The molecule has 0 aromatic rings. The van der Waals surface area contributed by atoms with Crippen molar-refractivity contribution in [3.05, 3.63) is 11.1 Å². The van der Waals surface area contributed by atoms with Gasteiger partial charge < -0.3 is 0 Å². The molecule has 0 N–H and O–H groups in total. The summed E-state index contributed by atoms with van der Waals surface area (Å²) in [6.45, 7) is 1.47. The molecule has 5 nitrogen and oxygen atoms in total. The van der Waals surface area contributed by atoms with Crippen molar-refractivity contribution in [2.75, 3.05) is 11.5 Å². The number of hydrogen-bond donors (Lipinski definition) is 0. The summed E-state index contributed by atoms with van der Waals surface area (Å²) in [7, 11) is -6.84. The highest BCUT2D eigenvalue weighted by Crippen LogP contribution is 2.14. The van der Waals surface area contributed by atoms with E-state index in [2.05, 4.69) is 4.99 Å². The summed E-state index contributed by atoms with van der Waals surface area (Å²) in [5.41, 5.74) is 0.757. The van der Waals surface area contributed by atoms with Crippen molar-refractivity contribution < 1.29 is 16.8 Å². The van der Waals surface area contributed by atoms with Crippen LogP contribution >= 0.6 is 0 Å². The summed E-state index contributed by atoms with van der Waals surface area (Å²) in [5, 5.41) is 0. The van der Waals surface area contributed by atoms with Gasteiger partial charge in [0.1, 0.15) is 5.55 Å². The van der Waals surface area contributed by atoms with Crippen LogP contribution in [-0.4, -0.2) is 33.9 Å². The van der Waals surface area contributed by atoms with Crippen molar-refractivity contribution in [1.29, 1.82) is 0 Å². The minimum absolute atomic E-state index is 0.0696. The molecule has 1 heterocycles. The lowest BCUT2D eigenvalue weighted by Crippen LogP contribution is -2.15.